The van der Waals surface area contributed by atoms with Crippen molar-refractivity contribution in [1.29, 1.82) is 0 Å². The number of hydrogen-bond acceptors (Lipinski definition) is 6. The molecule has 1 N–H and O–H groups in total. The second-order valence-electron chi connectivity index (χ2n) is 3.51. The summed E-state index contributed by atoms with van der Waals surface area (Å²) in [5.41, 5.74) is 0. The highest BCUT2D eigenvalue weighted by Gasteiger charge is 2.28. The Kier molecular flexibility index (Phi) is 2.86. The molecule has 3 heterocycles. The number of nitrogens with zero attached hydrogens (tertiary/aromatic N) is 2. The summed E-state index contributed by atoms with van der Waals surface area (Å²) in [4.78, 5) is 16.7. The van der Waals surface area contributed by atoms with Crippen LogP contribution in [0.5, 0.6) is 0 Å². The van der Waals surface area contributed by atoms with E-state index in [2.05, 4.69) is 15.2 Å². The Morgan fingerprint density at radius 1 is 1.59 bits per heavy atom. The monoisotopic (exact) mass is 267 g/mol. The van der Waals surface area contributed by atoms with E-state index in [-0.39, 0.29) is 11.2 Å². The Hall–Kier alpha value is -1.34. The highest BCUT2D eigenvalue weighted by atomic mass is 32.2. The summed E-state index contributed by atoms with van der Waals surface area (Å²) in [5.74, 6) is 0.575. The number of thiophene rings is 1. The number of rotatable bonds is 3. The van der Waals surface area contributed by atoms with Crippen LogP contribution in [-0.2, 0) is 9.53 Å². The molecule has 0 spiro atoms. The van der Waals surface area contributed by atoms with Gasteiger partial charge in [-0.15, -0.1) is 16.4 Å². The molecule has 1 atom stereocenters. The van der Waals surface area contributed by atoms with E-state index in [9.17, 15) is 4.79 Å². The molecule has 0 radical (unpaired) electrons. The molecule has 0 saturated carbocycles. The average Bonchev–Trinajstić information content (AvgIpc) is 3.02. The van der Waals surface area contributed by atoms with Crippen LogP contribution < -0.4 is 0 Å². The van der Waals surface area contributed by atoms with E-state index >= 15 is 0 Å². The van der Waals surface area contributed by atoms with Gasteiger partial charge in [0.2, 0.25) is 5.16 Å². The number of esters is 1. The number of ether oxygens (including phenoxy) is 1. The molecule has 1 saturated heterocycles. The van der Waals surface area contributed by atoms with Gasteiger partial charge in [0.25, 0.3) is 0 Å². The van der Waals surface area contributed by atoms with Gasteiger partial charge in [0.15, 0.2) is 5.82 Å². The quantitative estimate of drug-likeness (QED) is 0.861. The van der Waals surface area contributed by atoms with Crippen LogP contribution >= 0.6 is 23.1 Å². The van der Waals surface area contributed by atoms with E-state index in [0.29, 0.717) is 11.8 Å². The number of hydrogen-bond donors (Lipinski definition) is 1. The van der Waals surface area contributed by atoms with Gasteiger partial charge in [-0.05, 0) is 11.4 Å². The topological polar surface area (TPSA) is 67.9 Å². The SMILES string of the molecule is O=C1OCC[C@H]1Sc1n[nH]c(-c2cccs2)n1. The molecule has 0 aromatic carbocycles. The molecule has 17 heavy (non-hydrogen) atoms. The lowest BCUT2D eigenvalue weighted by molar-refractivity contribution is -0.137. The first kappa shape index (κ1) is 10.8. The predicted molar refractivity (Wildman–Crippen MR) is 64.9 cm³/mol. The number of carbonyl (C=O) groups is 1. The minimum atomic E-state index is -0.169. The number of nitrogens with one attached hydrogen (secondary N) is 1. The van der Waals surface area contributed by atoms with Gasteiger partial charge in [0, 0.05) is 6.42 Å². The van der Waals surface area contributed by atoms with Crippen molar-refractivity contribution >= 4 is 29.1 Å². The Morgan fingerprint density at radius 3 is 3.24 bits per heavy atom. The summed E-state index contributed by atoms with van der Waals surface area (Å²) in [6, 6.07) is 3.94. The van der Waals surface area contributed by atoms with Crippen LogP contribution in [0, 0.1) is 0 Å². The molecule has 0 aliphatic carbocycles. The molecular formula is C10H9N3O2S2. The van der Waals surface area contributed by atoms with E-state index < -0.39 is 0 Å². The van der Waals surface area contributed by atoms with Gasteiger partial charge in [-0.2, -0.15) is 0 Å². The smallest absolute Gasteiger partial charge is 0.319 e. The number of carbonyl (C=O) groups excluding carboxylic acids is 1. The minimum Gasteiger partial charge on any atom is -0.465 e. The Bertz CT molecular complexity index is 523. The van der Waals surface area contributed by atoms with E-state index in [4.69, 9.17) is 4.74 Å². The molecule has 5 nitrogen and oxygen atoms in total. The Morgan fingerprint density at radius 2 is 2.53 bits per heavy atom. The van der Waals surface area contributed by atoms with Gasteiger partial charge in [0.1, 0.15) is 5.25 Å². The summed E-state index contributed by atoms with van der Waals surface area (Å²) >= 11 is 2.95. The van der Waals surface area contributed by atoms with Crippen molar-refractivity contribution in [3.8, 4) is 10.7 Å². The molecule has 1 aliphatic heterocycles. The van der Waals surface area contributed by atoms with Gasteiger partial charge < -0.3 is 4.74 Å². The normalized spacial score (nSPS) is 19.5. The molecule has 2 aromatic rings. The van der Waals surface area contributed by atoms with Crippen LogP contribution in [0.3, 0.4) is 0 Å². The van der Waals surface area contributed by atoms with Crippen LogP contribution in [0.15, 0.2) is 22.7 Å². The first-order chi connectivity index (χ1) is 8.33. The third-order valence-electron chi connectivity index (χ3n) is 2.35. The molecule has 88 valence electrons. The lowest BCUT2D eigenvalue weighted by Gasteiger charge is -1.99. The number of cyclic esters (lactones) is 1. The lowest BCUT2D eigenvalue weighted by atomic mass is 10.4. The first-order valence-corrected chi connectivity index (χ1v) is 6.88. The fraction of sp³-hybridized carbons (Fsp3) is 0.300. The molecule has 0 bridgehead atoms. The standard InChI is InChI=1S/C10H9N3O2S2/c14-9-7(3-4-15-9)17-10-11-8(12-13-10)6-2-1-5-16-6/h1-2,5,7H,3-4H2,(H,11,12,13)/t7-/m1/s1. The van der Waals surface area contributed by atoms with Gasteiger partial charge in [-0.25, -0.2) is 4.98 Å². The van der Waals surface area contributed by atoms with E-state index in [1.54, 1.807) is 11.3 Å². The van der Waals surface area contributed by atoms with Crippen molar-refractivity contribution < 1.29 is 9.53 Å². The van der Waals surface area contributed by atoms with Crippen LogP contribution in [0.25, 0.3) is 10.7 Å². The lowest BCUT2D eigenvalue weighted by Crippen LogP contribution is -2.09. The van der Waals surface area contributed by atoms with Gasteiger partial charge in [-0.3, -0.25) is 9.89 Å². The third-order valence-corrected chi connectivity index (χ3v) is 4.34. The average molecular weight is 267 g/mol. The summed E-state index contributed by atoms with van der Waals surface area (Å²) in [5, 5.41) is 9.38. The van der Waals surface area contributed by atoms with E-state index in [1.807, 2.05) is 17.5 Å². The maximum absolute atomic E-state index is 11.3. The van der Waals surface area contributed by atoms with Crippen molar-refractivity contribution in [2.45, 2.75) is 16.8 Å². The molecule has 0 unspecified atom stereocenters. The Labute approximate surface area is 106 Å². The summed E-state index contributed by atoms with van der Waals surface area (Å²) in [7, 11) is 0. The zero-order chi connectivity index (χ0) is 11.7. The van der Waals surface area contributed by atoms with E-state index in [0.717, 1.165) is 17.1 Å². The third kappa shape index (κ3) is 2.20. The van der Waals surface area contributed by atoms with Crippen molar-refractivity contribution in [3.05, 3.63) is 17.5 Å². The second kappa shape index (κ2) is 4.50. The van der Waals surface area contributed by atoms with Crippen molar-refractivity contribution in [3.63, 3.8) is 0 Å². The van der Waals surface area contributed by atoms with Crippen molar-refractivity contribution in [1.82, 2.24) is 15.2 Å². The first-order valence-electron chi connectivity index (χ1n) is 5.12. The number of aromatic nitrogens is 3. The molecule has 1 aliphatic rings. The maximum Gasteiger partial charge on any atom is 0.319 e. The zero-order valence-electron chi connectivity index (χ0n) is 8.75. The van der Waals surface area contributed by atoms with Crippen molar-refractivity contribution in [2.75, 3.05) is 6.61 Å². The molecule has 7 heteroatoms. The highest BCUT2D eigenvalue weighted by molar-refractivity contribution is 8.00. The van der Waals surface area contributed by atoms with Crippen molar-refractivity contribution in [2.24, 2.45) is 0 Å². The molecule has 3 rings (SSSR count). The molecule has 0 amide bonds. The van der Waals surface area contributed by atoms with Gasteiger partial charge in [0.05, 0.1) is 11.5 Å². The summed E-state index contributed by atoms with van der Waals surface area (Å²) in [6.45, 7) is 0.499. The zero-order valence-corrected chi connectivity index (χ0v) is 10.4. The number of thioether (sulfide) groups is 1. The predicted octanol–water partition coefficient (Wildman–Crippen LogP) is 1.94. The minimum absolute atomic E-state index is 0.165. The fourth-order valence-electron chi connectivity index (χ4n) is 1.53. The second-order valence-corrected chi connectivity index (χ2v) is 5.62. The Balaban J connectivity index is 1.75. The van der Waals surface area contributed by atoms with Gasteiger partial charge >= 0.3 is 5.97 Å². The summed E-state index contributed by atoms with van der Waals surface area (Å²) < 4.78 is 4.89. The molecular weight excluding hydrogens is 258 g/mol. The summed E-state index contributed by atoms with van der Waals surface area (Å²) in [6.07, 6.45) is 0.729. The molecule has 1 fully saturated rings. The van der Waals surface area contributed by atoms with Crippen LogP contribution in [0.1, 0.15) is 6.42 Å². The number of aromatic amines is 1. The van der Waals surface area contributed by atoms with Crippen LogP contribution in [-0.4, -0.2) is 33.0 Å². The van der Waals surface area contributed by atoms with Crippen LogP contribution in [0.4, 0.5) is 0 Å². The largest absolute Gasteiger partial charge is 0.465 e. The highest BCUT2D eigenvalue weighted by Crippen LogP contribution is 2.29. The van der Waals surface area contributed by atoms with Crippen LogP contribution in [0.2, 0.25) is 0 Å². The van der Waals surface area contributed by atoms with E-state index in [1.165, 1.54) is 11.8 Å². The number of H-pyrrole nitrogens is 1. The maximum atomic E-state index is 11.3. The fourth-order valence-corrected chi connectivity index (χ4v) is 3.07. The molecule has 2 aromatic heterocycles. The van der Waals surface area contributed by atoms with Gasteiger partial charge in [-0.1, -0.05) is 17.8 Å².